The Balaban J connectivity index is 2.37. The lowest BCUT2D eigenvalue weighted by atomic mass is 10.2. The Morgan fingerprint density at radius 3 is 2.75 bits per heavy atom. The monoisotopic (exact) mass is 215 g/mol. The highest BCUT2D eigenvalue weighted by molar-refractivity contribution is 5.94. The number of para-hydroxylation sites is 1. The van der Waals surface area contributed by atoms with Gasteiger partial charge in [-0.3, -0.25) is 4.79 Å². The summed E-state index contributed by atoms with van der Waals surface area (Å²) in [6, 6.07) is 9.54. The molecule has 0 fully saturated rings. The van der Waals surface area contributed by atoms with Crippen LogP contribution in [0.3, 0.4) is 0 Å². The highest BCUT2D eigenvalue weighted by atomic mass is 16.1. The van der Waals surface area contributed by atoms with Crippen LogP contribution in [0.5, 0.6) is 0 Å². The normalized spacial score (nSPS) is 10.3. The van der Waals surface area contributed by atoms with Crippen molar-refractivity contribution in [3.05, 3.63) is 42.2 Å². The summed E-state index contributed by atoms with van der Waals surface area (Å²) in [5.41, 5.74) is 1.41. The van der Waals surface area contributed by atoms with Gasteiger partial charge in [-0.1, -0.05) is 30.3 Å². The summed E-state index contributed by atoms with van der Waals surface area (Å²) in [5, 5.41) is 7.73. The Morgan fingerprint density at radius 1 is 1.31 bits per heavy atom. The highest BCUT2D eigenvalue weighted by Gasteiger charge is 2.12. The van der Waals surface area contributed by atoms with Gasteiger partial charge >= 0.3 is 0 Å². The second-order valence-corrected chi connectivity index (χ2v) is 3.54. The van der Waals surface area contributed by atoms with Crippen molar-refractivity contribution in [1.29, 1.82) is 0 Å². The summed E-state index contributed by atoms with van der Waals surface area (Å²) in [4.78, 5) is 11.8. The molecule has 4 nitrogen and oxygen atoms in total. The van der Waals surface area contributed by atoms with Crippen LogP contribution in [0.1, 0.15) is 30.3 Å². The van der Waals surface area contributed by atoms with Crippen LogP contribution >= 0.6 is 0 Å². The fraction of sp³-hybridized carbons (Fsp3) is 0.250. The lowest BCUT2D eigenvalue weighted by molar-refractivity contribution is 0.0974. The van der Waals surface area contributed by atoms with E-state index in [1.807, 2.05) is 37.3 Å². The van der Waals surface area contributed by atoms with Crippen molar-refractivity contribution in [2.75, 3.05) is 0 Å². The van der Waals surface area contributed by atoms with Crippen molar-refractivity contribution in [2.45, 2.75) is 19.8 Å². The van der Waals surface area contributed by atoms with Crippen LogP contribution in [0, 0.1) is 0 Å². The molecule has 0 N–H and O–H groups in total. The van der Waals surface area contributed by atoms with E-state index in [9.17, 15) is 4.79 Å². The maximum absolute atomic E-state index is 11.8. The van der Waals surface area contributed by atoms with E-state index >= 15 is 0 Å². The van der Waals surface area contributed by atoms with Crippen molar-refractivity contribution in [3.8, 4) is 5.69 Å². The van der Waals surface area contributed by atoms with Crippen LogP contribution < -0.4 is 0 Å². The number of hydrogen-bond donors (Lipinski definition) is 0. The Morgan fingerprint density at radius 2 is 2.06 bits per heavy atom. The molecule has 0 saturated heterocycles. The van der Waals surface area contributed by atoms with E-state index in [1.54, 1.807) is 4.68 Å². The first-order valence-electron chi connectivity index (χ1n) is 5.32. The number of benzene rings is 1. The molecule has 16 heavy (non-hydrogen) atoms. The van der Waals surface area contributed by atoms with E-state index in [-0.39, 0.29) is 5.78 Å². The largest absolute Gasteiger partial charge is 0.292 e. The molecule has 0 radical (unpaired) electrons. The number of carbonyl (C=O) groups excluding carboxylic acids is 1. The summed E-state index contributed by atoms with van der Waals surface area (Å²) in [6.07, 6.45) is 2.88. The van der Waals surface area contributed by atoms with Gasteiger partial charge in [0.1, 0.15) is 5.69 Å². The molecule has 0 saturated carbocycles. The van der Waals surface area contributed by atoms with Gasteiger partial charge in [0.25, 0.3) is 0 Å². The zero-order valence-corrected chi connectivity index (χ0v) is 9.13. The molecule has 1 aromatic heterocycles. The van der Waals surface area contributed by atoms with Gasteiger partial charge < -0.3 is 0 Å². The molecular weight excluding hydrogens is 202 g/mol. The van der Waals surface area contributed by atoms with Crippen LogP contribution in [-0.2, 0) is 0 Å². The molecule has 0 aliphatic heterocycles. The lowest BCUT2D eigenvalue weighted by Gasteiger charge is -2.03. The predicted octanol–water partition coefficient (Wildman–Crippen LogP) is 2.25. The van der Waals surface area contributed by atoms with Gasteiger partial charge in [-0.15, -0.1) is 5.10 Å². The zero-order chi connectivity index (χ0) is 11.4. The van der Waals surface area contributed by atoms with Gasteiger partial charge in [0, 0.05) is 6.42 Å². The smallest absolute Gasteiger partial charge is 0.182 e. The van der Waals surface area contributed by atoms with Gasteiger partial charge in [0.05, 0.1) is 11.9 Å². The molecule has 1 aromatic carbocycles. The fourth-order valence-electron chi connectivity index (χ4n) is 1.54. The number of nitrogens with zero attached hydrogens (tertiary/aromatic N) is 3. The van der Waals surface area contributed by atoms with Crippen molar-refractivity contribution in [2.24, 2.45) is 0 Å². The van der Waals surface area contributed by atoms with E-state index in [2.05, 4.69) is 10.3 Å². The Hall–Kier alpha value is -1.97. The molecule has 0 spiro atoms. The number of carbonyl (C=O) groups is 1. The molecule has 0 atom stereocenters. The number of rotatable bonds is 4. The standard InChI is InChI=1S/C12H13N3O/c1-2-6-12(16)11-9-13-14-15(11)10-7-4-3-5-8-10/h3-5,7-9H,2,6H2,1H3. The minimum Gasteiger partial charge on any atom is -0.292 e. The van der Waals surface area contributed by atoms with Crippen molar-refractivity contribution >= 4 is 5.78 Å². The van der Waals surface area contributed by atoms with Gasteiger partial charge in [0.2, 0.25) is 0 Å². The SMILES string of the molecule is CCCC(=O)c1cnnn1-c1ccccc1. The van der Waals surface area contributed by atoms with Crippen LogP contribution in [-0.4, -0.2) is 20.8 Å². The minimum absolute atomic E-state index is 0.0800. The molecule has 0 unspecified atom stereocenters. The second kappa shape index (κ2) is 4.70. The second-order valence-electron chi connectivity index (χ2n) is 3.54. The van der Waals surface area contributed by atoms with Crippen LogP contribution in [0.15, 0.2) is 36.5 Å². The van der Waals surface area contributed by atoms with Crippen LogP contribution in [0.25, 0.3) is 5.69 Å². The quantitative estimate of drug-likeness (QED) is 0.735. The van der Waals surface area contributed by atoms with E-state index in [1.165, 1.54) is 6.20 Å². The molecule has 0 aliphatic carbocycles. The van der Waals surface area contributed by atoms with E-state index in [4.69, 9.17) is 0 Å². The van der Waals surface area contributed by atoms with Crippen LogP contribution in [0.4, 0.5) is 0 Å². The topological polar surface area (TPSA) is 47.8 Å². The molecular formula is C12H13N3O. The average molecular weight is 215 g/mol. The van der Waals surface area contributed by atoms with Gasteiger partial charge in [-0.2, -0.15) is 0 Å². The highest BCUT2D eigenvalue weighted by Crippen LogP contribution is 2.10. The fourth-order valence-corrected chi connectivity index (χ4v) is 1.54. The molecule has 2 rings (SSSR count). The Labute approximate surface area is 93.9 Å². The van der Waals surface area contributed by atoms with E-state index in [0.29, 0.717) is 12.1 Å². The third kappa shape index (κ3) is 2.00. The number of aromatic nitrogens is 3. The van der Waals surface area contributed by atoms with Crippen LogP contribution in [0.2, 0.25) is 0 Å². The summed E-state index contributed by atoms with van der Waals surface area (Å²) in [7, 11) is 0. The summed E-state index contributed by atoms with van der Waals surface area (Å²) >= 11 is 0. The Kier molecular flexibility index (Phi) is 3.10. The first-order chi connectivity index (χ1) is 7.83. The average Bonchev–Trinajstić information content (AvgIpc) is 2.79. The number of ketones is 1. The maximum atomic E-state index is 11.8. The third-order valence-corrected chi connectivity index (χ3v) is 2.31. The zero-order valence-electron chi connectivity index (χ0n) is 9.13. The van der Waals surface area contributed by atoms with Gasteiger partial charge in [-0.05, 0) is 18.6 Å². The summed E-state index contributed by atoms with van der Waals surface area (Å²) in [6.45, 7) is 1.98. The van der Waals surface area contributed by atoms with Crippen molar-refractivity contribution in [3.63, 3.8) is 0 Å². The van der Waals surface area contributed by atoms with Gasteiger partial charge in [-0.25, -0.2) is 4.68 Å². The molecule has 0 aliphatic rings. The summed E-state index contributed by atoms with van der Waals surface area (Å²) in [5.74, 6) is 0.0800. The molecule has 0 amide bonds. The molecule has 2 aromatic rings. The van der Waals surface area contributed by atoms with Crippen molar-refractivity contribution in [1.82, 2.24) is 15.0 Å². The first-order valence-corrected chi connectivity index (χ1v) is 5.32. The predicted molar refractivity (Wildman–Crippen MR) is 60.6 cm³/mol. The third-order valence-electron chi connectivity index (χ3n) is 2.31. The number of Topliss-reactive ketones (excluding diaryl/α,β-unsaturated/α-hetero) is 1. The minimum atomic E-state index is 0.0800. The van der Waals surface area contributed by atoms with Gasteiger partial charge in [0.15, 0.2) is 5.78 Å². The number of hydrogen-bond acceptors (Lipinski definition) is 3. The van der Waals surface area contributed by atoms with Crippen molar-refractivity contribution < 1.29 is 4.79 Å². The molecule has 1 heterocycles. The molecule has 4 heteroatoms. The molecule has 82 valence electrons. The van der Waals surface area contributed by atoms with E-state index in [0.717, 1.165) is 12.1 Å². The summed E-state index contributed by atoms with van der Waals surface area (Å²) < 4.78 is 1.58. The first kappa shape index (κ1) is 10.5. The Bertz CT molecular complexity index is 476. The lowest BCUT2D eigenvalue weighted by Crippen LogP contribution is -2.08. The molecule has 0 bridgehead atoms. The van der Waals surface area contributed by atoms with E-state index < -0.39 is 0 Å². The maximum Gasteiger partial charge on any atom is 0.182 e.